The van der Waals surface area contributed by atoms with Gasteiger partial charge in [0.05, 0.1) is 0 Å². The first-order valence-corrected chi connectivity index (χ1v) is 5.12. The monoisotopic (exact) mass is 232 g/mol. The summed E-state index contributed by atoms with van der Waals surface area (Å²) < 4.78 is 5.29. The Hall–Kier alpha value is -1.30. The van der Waals surface area contributed by atoms with Crippen molar-refractivity contribution in [3.63, 3.8) is 0 Å². The van der Waals surface area contributed by atoms with Gasteiger partial charge < -0.3 is 15.1 Å². The lowest BCUT2D eigenvalue weighted by molar-refractivity contribution is -0.116. The zero-order valence-corrected chi connectivity index (χ0v) is 9.20. The molecule has 0 saturated heterocycles. The minimum absolute atomic E-state index is 0.0685. The van der Waals surface area contributed by atoms with Crippen molar-refractivity contribution < 1.29 is 9.21 Å². The van der Waals surface area contributed by atoms with Crippen LogP contribution >= 0.6 is 11.6 Å². The number of rotatable bonds is 6. The van der Waals surface area contributed by atoms with Crippen LogP contribution in [0.4, 0.5) is 6.01 Å². The fourth-order valence-electron chi connectivity index (χ4n) is 1.06. The number of likely N-dealkylation sites (N-methyl/N-ethyl adjacent to an activating group) is 1. The molecule has 1 heterocycles. The van der Waals surface area contributed by atoms with E-state index >= 15 is 0 Å². The van der Waals surface area contributed by atoms with E-state index in [-0.39, 0.29) is 6.54 Å². The van der Waals surface area contributed by atoms with Gasteiger partial charge >= 0.3 is 6.01 Å². The van der Waals surface area contributed by atoms with Crippen molar-refractivity contribution in [3.05, 3.63) is 5.89 Å². The Morgan fingerprint density at radius 2 is 2.33 bits per heavy atom. The predicted octanol–water partition coefficient (Wildman–Crippen LogP) is 0.162. The Morgan fingerprint density at radius 3 is 2.87 bits per heavy atom. The summed E-state index contributed by atoms with van der Waals surface area (Å²) in [5, 5.41) is 7.59. The molecule has 0 saturated carbocycles. The van der Waals surface area contributed by atoms with E-state index in [1.807, 2.05) is 6.92 Å². The molecule has 0 aliphatic rings. The number of aryl methyl sites for hydroxylation is 1. The third kappa shape index (κ3) is 3.39. The number of carbonyl (C=O) groups excluding carboxylic acids is 1. The van der Waals surface area contributed by atoms with Crippen LogP contribution in [-0.4, -0.2) is 35.1 Å². The van der Waals surface area contributed by atoms with Crippen molar-refractivity contribution in [2.75, 3.05) is 23.9 Å². The van der Waals surface area contributed by atoms with Crippen molar-refractivity contribution in [2.45, 2.75) is 13.3 Å². The molecule has 1 aromatic heterocycles. The predicted molar refractivity (Wildman–Crippen MR) is 55.8 cm³/mol. The van der Waals surface area contributed by atoms with Crippen LogP contribution in [0.2, 0.25) is 0 Å². The van der Waals surface area contributed by atoms with Crippen LogP contribution in [0.3, 0.4) is 0 Å². The molecule has 7 heteroatoms. The van der Waals surface area contributed by atoms with Gasteiger partial charge in [-0.05, 0) is 6.92 Å². The highest BCUT2D eigenvalue weighted by atomic mass is 35.5. The Morgan fingerprint density at radius 1 is 1.60 bits per heavy atom. The zero-order valence-electron chi connectivity index (χ0n) is 8.44. The van der Waals surface area contributed by atoms with Gasteiger partial charge in [0.15, 0.2) is 0 Å². The van der Waals surface area contributed by atoms with E-state index < -0.39 is 5.91 Å². The van der Waals surface area contributed by atoms with Crippen molar-refractivity contribution in [3.8, 4) is 0 Å². The highest BCUT2D eigenvalue weighted by Crippen LogP contribution is 2.11. The lowest BCUT2D eigenvalue weighted by Gasteiger charge is -2.14. The molecule has 84 valence electrons. The largest absolute Gasteiger partial charge is 0.408 e. The van der Waals surface area contributed by atoms with Gasteiger partial charge in [-0.15, -0.1) is 16.7 Å². The number of hydrogen-bond acceptors (Lipinski definition) is 5. The van der Waals surface area contributed by atoms with Gasteiger partial charge in [0.25, 0.3) is 0 Å². The summed E-state index contributed by atoms with van der Waals surface area (Å²) in [7, 11) is 0. The molecule has 15 heavy (non-hydrogen) atoms. The van der Waals surface area contributed by atoms with Gasteiger partial charge in [0, 0.05) is 18.8 Å². The standard InChI is InChI=1S/C8H13ClN4O2/c1-2-13(5-6(10)14)8-12-11-7(15-8)3-4-9/h2-5H2,1H3,(H2,10,14). The first kappa shape index (κ1) is 11.8. The lowest BCUT2D eigenvalue weighted by atomic mass is 10.5. The summed E-state index contributed by atoms with van der Waals surface area (Å²) in [6.45, 7) is 2.51. The highest BCUT2D eigenvalue weighted by Gasteiger charge is 2.14. The zero-order chi connectivity index (χ0) is 11.3. The van der Waals surface area contributed by atoms with Crippen molar-refractivity contribution in [1.82, 2.24) is 10.2 Å². The van der Waals surface area contributed by atoms with E-state index in [2.05, 4.69) is 10.2 Å². The van der Waals surface area contributed by atoms with Crippen LogP contribution in [0, 0.1) is 0 Å². The van der Waals surface area contributed by atoms with Gasteiger partial charge in [-0.3, -0.25) is 4.79 Å². The van der Waals surface area contributed by atoms with E-state index in [0.717, 1.165) is 0 Å². The number of primary amides is 1. The molecule has 0 aliphatic heterocycles. The molecule has 0 unspecified atom stereocenters. The molecule has 0 aliphatic carbocycles. The third-order valence-corrected chi connectivity index (χ3v) is 1.95. The summed E-state index contributed by atoms with van der Waals surface area (Å²) in [6.07, 6.45) is 0.517. The van der Waals surface area contributed by atoms with E-state index in [1.165, 1.54) is 0 Å². The number of amides is 1. The molecule has 1 aromatic rings. The Labute approximate surface area is 92.4 Å². The smallest absolute Gasteiger partial charge is 0.318 e. The number of halogens is 1. The maximum Gasteiger partial charge on any atom is 0.318 e. The molecule has 0 atom stereocenters. The molecule has 0 spiro atoms. The maximum atomic E-state index is 10.7. The second kappa shape index (κ2) is 5.55. The van der Waals surface area contributed by atoms with Crippen LogP contribution in [0.5, 0.6) is 0 Å². The number of alkyl halides is 1. The van der Waals surface area contributed by atoms with Crippen LogP contribution in [-0.2, 0) is 11.2 Å². The van der Waals surface area contributed by atoms with Crippen molar-refractivity contribution in [1.29, 1.82) is 0 Å². The highest BCUT2D eigenvalue weighted by molar-refractivity contribution is 6.17. The minimum atomic E-state index is -0.436. The first-order valence-electron chi connectivity index (χ1n) is 4.59. The van der Waals surface area contributed by atoms with Gasteiger partial charge in [-0.1, -0.05) is 5.10 Å². The number of anilines is 1. The summed E-state index contributed by atoms with van der Waals surface area (Å²) in [4.78, 5) is 12.3. The number of hydrogen-bond donors (Lipinski definition) is 1. The molecular formula is C8H13ClN4O2. The summed E-state index contributed by atoms with van der Waals surface area (Å²) in [6, 6.07) is 0.302. The Kier molecular flexibility index (Phi) is 4.36. The Balaban J connectivity index is 2.69. The van der Waals surface area contributed by atoms with Gasteiger partial charge in [0.2, 0.25) is 11.8 Å². The Bertz CT molecular complexity index is 328. The normalized spacial score (nSPS) is 10.3. The molecule has 0 aromatic carbocycles. The van der Waals surface area contributed by atoms with Crippen LogP contribution in [0.25, 0.3) is 0 Å². The molecule has 6 nitrogen and oxygen atoms in total. The van der Waals surface area contributed by atoms with Crippen molar-refractivity contribution in [2.24, 2.45) is 5.73 Å². The fraction of sp³-hybridized carbons (Fsp3) is 0.625. The maximum absolute atomic E-state index is 10.7. The summed E-state index contributed by atoms with van der Waals surface area (Å²) in [5.41, 5.74) is 5.08. The van der Waals surface area contributed by atoms with Crippen molar-refractivity contribution >= 4 is 23.5 Å². The summed E-state index contributed by atoms with van der Waals surface area (Å²) >= 11 is 5.53. The molecule has 2 N–H and O–H groups in total. The minimum Gasteiger partial charge on any atom is -0.408 e. The van der Waals surface area contributed by atoms with Crippen LogP contribution in [0.15, 0.2) is 4.42 Å². The van der Waals surface area contributed by atoms with Crippen LogP contribution in [0.1, 0.15) is 12.8 Å². The SMILES string of the molecule is CCN(CC(N)=O)c1nnc(CCCl)o1. The van der Waals surface area contributed by atoms with Gasteiger partial charge in [-0.25, -0.2) is 0 Å². The van der Waals surface area contributed by atoms with E-state index in [4.69, 9.17) is 21.8 Å². The lowest BCUT2D eigenvalue weighted by Crippen LogP contribution is -2.33. The second-order valence-electron chi connectivity index (χ2n) is 2.90. The molecule has 0 bridgehead atoms. The first-order chi connectivity index (χ1) is 7.17. The van der Waals surface area contributed by atoms with Crippen LogP contribution < -0.4 is 10.6 Å². The number of carbonyl (C=O) groups is 1. The number of aromatic nitrogens is 2. The second-order valence-corrected chi connectivity index (χ2v) is 3.28. The molecular weight excluding hydrogens is 220 g/mol. The van der Waals surface area contributed by atoms with Gasteiger partial charge in [-0.2, -0.15) is 0 Å². The number of nitrogens with zero attached hydrogens (tertiary/aromatic N) is 3. The average Bonchev–Trinajstić information content (AvgIpc) is 2.63. The third-order valence-electron chi connectivity index (χ3n) is 1.76. The summed E-state index contributed by atoms with van der Waals surface area (Å²) in [5.74, 6) is 0.445. The molecule has 0 fully saturated rings. The average molecular weight is 233 g/mol. The topological polar surface area (TPSA) is 85.2 Å². The fourth-order valence-corrected chi connectivity index (χ4v) is 1.22. The molecule has 1 amide bonds. The number of nitrogens with two attached hydrogens (primary N) is 1. The molecule has 1 rings (SSSR count). The molecule has 0 radical (unpaired) electrons. The van der Waals surface area contributed by atoms with E-state index in [9.17, 15) is 4.79 Å². The van der Waals surface area contributed by atoms with E-state index in [1.54, 1.807) is 4.90 Å². The van der Waals surface area contributed by atoms with Gasteiger partial charge in [0.1, 0.15) is 6.54 Å². The quantitative estimate of drug-likeness (QED) is 0.707. The van der Waals surface area contributed by atoms with E-state index in [0.29, 0.717) is 30.8 Å².